The summed E-state index contributed by atoms with van der Waals surface area (Å²) in [5, 5.41) is 43.6. The molecule has 7 heteroatoms. The van der Waals surface area contributed by atoms with Crippen LogP contribution in [0.1, 0.15) is 66.6 Å². The Bertz CT molecular complexity index is 1840. The van der Waals surface area contributed by atoms with E-state index in [1.807, 2.05) is 50.3 Å². The van der Waals surface area contributed by atoms with E-state index in [1.54, 1.807) is 18.2 Å². The third kappa shape index (κ3) is 5.53. The molecule has 4 aromatic rings. The molecule has 1 aliphatic carbocycles. The number of benzene rings is 4. The zero-order valence-corrected chi connectivity index (χ0v) is 27.2. The molecule has 4 N–H and O–H groups in total. The first-order chi connectivity index (χ1) is 21.8. The number of fused-ring (bicyclic) bond motifs is 2. The van der Waals surface area contributed by atoms with E-state index in [1.165, 1.54) is 6.07 Å². The molecule has 5 rings (SSSR count). The third-order valence-electron chi connectivity index (χ3n) is 9.71. The van der Waals surface area contributed by atoms with Crippen LogP contribution in [-0.4, -0.2) is 38.5 Å². The van der Waals surface area contributed by atoms with E-state index in [0.717, 1.165) is 22.3 Å². The summed E-state index contributed by atoms with van der Waals surface area (Å²) in [6, 6.07) is 16.5. The molecule has 0 radical (unpaired) electrons. The molecule has 7 nitrogen and oxygen atoms in total. The van der Waals surface area contributed by atoms with Crippen molar-refractivity contribution < 1.29 is 34.8 Å². The Balaban J connectivity index is 1.91. The summed E-state index contributed by atoms with van der Waals surface area (Å²) in [6.45, 7) is 12.3. The molecule has 1 unspecified atom stereocenters. The summed E-state index contributed by atoms with van der Waals surface area (Å²) in [4.78, 5) is 25.0. The maximum absolute atomic E-state index is 12.5. The maximum atomic E-state index is 12.5. The largest absolute Gasteiger partial charge is 0.508 e. The second kappa shape index (κ2) is 12.6. The van der Waals surface area contributed by atoms with Crippen LogP contribution in [0, 0.1) is 25.7 Å². The van der Waals surface area contributed by atoms with Gasteiger partial charge in [-0.1, -0.05) is 82.3 Å². The fourth-order valence-electron chi connectivity index (χ4n) is 7.86. The van der Waals surface area contributed by atoms with Gasteiger partial charge in [-0.25, -0.2) is 0 Å². The highest BCUT2D eigenvalue weighted by molar-refractivity contribution is 6.02. The average Bonchev–Trinajstić information content (AvgIpc) is 2.97. The summed E-state index contributed by atoms with van der Waals surface area (Å²) in [5.74, 6) is -1.48. The smallest absolute Gasteiger partial charge is 0.307 e. The van der Waals surface area contributed by atoms with Crippen molar-refractivity contribution in [3.05, 3.63) is 99.6 Å². The number of carbonyl (C=O) groups is 2. The van der Waals surface area contributed by atoms with Crippen molar-refractivity contribution in [3.8, 4) is 22.6 Å². The SMILES string of the molecule is Cc1cc2c(c(CC(=O)O)c1-c1c(C)c(OCc3ccccc3)c3cc(O)ccc3c1CC(=O)O)C=CC(O)C2(C(C)C)C(C)C. The van der Waals surface area contributed by atoms with Crippen molar-refractivity contribution in [2.75, 3.05) is 0 Å². The predicted octanol–water partition coefficient (Wildman–Crippen LogP) is 7.60. The number of aromatic hydroxyl groups is 1. The molecule has 0 heterocycles. The number of ether oxygens (including phenoxy) is 1. The summed E-state index contributed by atoms with van der Waals surface area (Å²) in [7, 11) is 0. The number of hydrogen-bond acceptors (Lipinski definition) is 5. The van der Waals surface area contributed by atoms with Crippen LogP contribution in [0.15, 0.2) is 60.7 Å². The molecule has 0 fully saturated rings. The quantitative estimate of drug-likeness (QED) is 0.144. The monoisotopic (exact) mass is 622 g/mol. The molecule has 1 atom stereocenters. The van der Waals surface area contributed by atoms with Gasteiger partial charge in [0.05, 0.1) is 18.9 Å². The van der Waals surface area contributed by atoms with E-state index in [4.69, 9.17) is 4.74 Å². The van der Waals surface area contributed by atoms with Gasteiger partial charge in [0.25, 0.3) is 0 Å². The second-order valence-electron chi connectivity index (χ2n) is 13.0. The molecule has 240 valence electrons. The van der Waals surface area contributed by atoms with Crippen LogP contribution in [0.5, 0.6) is 11.5 Å². The highest BCUT2D eigenvalue weighted by atomic mass is 16.5. The molecule has 0 spiro atoms. The Kier molecular flexibility index (Phi) is 9.00. The molecular weight excluding hydrogens is 580 g/mol. The molecule has 0 amide bonds. The first-order valence-corrected chi connectivity index (χ1v) is 15.7. The van der Waals surface area contributed by atoms with Gasteiger partial charge in [0.15, 0.2) is 0 Å². The van der Waals surface area contributed by atoms with Gasteiger partial charge in [-0.15, -0.1) is 0 Å². The molecule has 4 aromatic carbocycles. The first kappa shape index (κ1) is 32.8. The zero-order chi connectivity index (χ0) is 33.5. The Labute approximate surface area is 269 Å². The van der Waals surface area contributed by atoms with Gasteiger partial charge in [-0.05, 0) is 93.3 Å². The molecule has 0 bridgehead atoms. The number of aliphatic carboxylic acids is 2. The second-order valence-corrected chi connectivity index (χ2v) is 13.0. The number of hydrogen-bond donors (Lipinski definition) is 4. The van der Waals surface area contributed by atoms with Gasteiger partial charge in [-0.2, -0.15) is 0 Å². The Morgan fingerprint density at radius 3 is 2.09 bits per heavy atom. The minimum absolute atomic E-state index is 0.0180. The number of carboxylic acid groups (broad SMARTS) is 2. The van der Waals surface area contributed by atoms with Crippen molar-refractivity contribution in [2.45, 2.75) is 72.5 Å². The van der Waals surface area contributed by atoms with Gasteiger partial charge in [-0.3, -0.25) is 9.59 Å². The highest BCUT2D eigenvalue weighted by Gasteiger charge is 2.48. The lowest BCUT2D eigenvalue weighted by Gasteiger charge is -2.48. The Morgan fingerprint density at radius 2 is 1.48 bits per heavy atom. The number of rotatable bonds is 10. The first-order valence-electron chi connectivity index (χ1n) is 15.7. The standard InChI is InChI=1S/C39H42O7/c1-21(2)39(22(3)4)32-16-23(5)36(30(19-35(44)45)28(32)14-15-33(39)41)37-24(6)38(46-20-25-10-8-7-9-11-25)31-17-26(40)12-13-27(31)29(37)18-34(42)43/h7-17,21-22,33,40-41H,18-20H2,1-6H3,(H,42,43)(H,44,45). The van der Waals surface area contributed by atoms with Crippen LogP contribution in [0.3, 0.4) is 0 Å². The van der Waals surface area contributed by atoms with E-state index < -0.39 is 23.5 Å². The van der Waals surface area contributed by atoms with Gasteiger partial charge in [0, 0.05) is 10.8 Å². The van der Waals surface area contributed by atoms with Crippen LogP contribution in [0.2, 0.25) is 0 Å². The van der Waals surface area contributed by atoms with E-state index in [0.29, 0.717) is 44.3 Å². The molecule has 0 aromatic heterocycles. The van der Waals surface area contributed by atoms with Crippen molar-refractivity contribution in [1.29, 1.82) is 0 Å². The molecular formula is C39H42O7. The van der Waals surface area contributed by atoms with Crippen LogP contribution in [0.25, 0.3) is 28.0 Å². The molecule has 0 saturated carbocycles. The molecule has 46 heavy (non-hydrogen) atoms. The highest BCUT2D eigenvalue weighted by Crippen LogP contribution is 2.52. The number of carboxylic acids is 2. The minimum Gasteiger partial charge on any atom is -0.508 e. The Morgan fingerprint density at radius 1 is 0.848 bits per heavy atom. The van der Waals surface area contributed by atoms with Crippen LogP contribution in [0.4, 0.5) is 0 Å². The number of phenolic OH excluding ortho intramolecular Hbond substituents is 1. The molecule has 1 aliphatic rings. The number of aliphatic hydroxyl groups excluding tert-OH is 1. The predicted molar refractivity (Wildman–Crippen MR) is 180 cm³/mol. The summed E-state index contributed by atoms with van der Waals surface area (Å²) < 4.78 is 6.47. The summed E-state index contributed by atoms with van der Waals surface area (Å²) in [5.41, 5.74) is 5.69. The lowest BCUT2D eigenvalue weighted by atomic mass is 9.57. The maximum Gasteiger partial charge on any atom is 0.307 e. The third-order valence-corrected chi connectivity index (χ3v) is 9.71. The van der Waals surface area contributed by atoms with E-state index in [2.05, 4.69) is 33.8 Å². The van der Waals surface area contributed by atoms with E-state index in [9.17, 15) is 30.0 Å². The van der Waals surface area contributed by atoms with Gasteiger partial charge < -0.3 is 25.2 Å². The number of aryl methyl sites for hydroxylation is 1. The van der Waals surface area contributed by atoms with Crippen LogP contribution >= 0.6 is 0 Å². The van der Waals surface area contributed by atoms with Crippen molar-refractivity contribution >= 4 is 28.8 Å². The van der Waals surface area contributed by atoms with Crippen molar-refractivity contribution in [1.82, 2.24) is 0 Å². The molecule has 0 aliphatic heterocycles. The average molecular weight is 623 g/mol. The van der Waals surface area contributed by atoms with Gasteiger partial charge >= 0.3 is 11.9 Å². The van der Waals surface area contributed by atoms with Crippen LogP contribution < -0.4 is 4.74 Å². The zero-order valence-electron chi connectivity index (χ0n) is 27.2. The number of phenols is 1. The minimum atomic E-state index is -1.04. The van der Waals surface area contributed by atoms with E-state index >= 15 is 0 Å². The topological polar surface area (TPSA) is 124 Å². The normalized spacial score (nSPS) is 15.4. The summed E-state index contributed by atoms with van der Waals surface area (Å²) in [6.07, 6.45) is 2.19. The lowest BCUT2D eigenvalue weighted by Crippen LogP contribution is -2.49. The number of aliphatic hydroxyl groups is 1. The molecule has 0 saturated heterocycles. The van der Waals surface area contributed by atoms with Crippen LogP contribution in [-0.2, 0) is 34.5 Å². The van der Waals surface area contributed by atoms with Gasteiger partial charge in [0.2, 0.25) is 0 Å². The van der Waals surface area contributed by atoms with Crippen molar-refractivity contribution in [3.63, 3.8) is 0 Å². The fraction of sp³-hybridized carbons (Fsp3) is 0.333. The fourth-order valence-corrected chi connectivity index (χ4v) is 7.86. The lowest BCUT2D eigenvalue weighted by molar-refractivity contribution is -0.137. The van der Waals surface area contributed by atoms with Crippen molar-refractivity contribution in [2.24, 2.45) is 11.8 Å². The van der Waals surface area contributed by atoms with Gasteiger partial charge in [0.1, 0.15) is 18.1 Å². The summed E-state index contributed by atoms with van der Waals surface area (Å²) >= 11 is 0. The van der Waals surface area contributed by atoms with E-state index in [-0.39, 0.29) is 37.0 Å². The Hall–Kier alpha value is -4.62.